The monoisotopic (exact) mass is 384 g/mol. The number of pyridine rings is 1. The third-order valence-electron chi connectivity index (χ3n) is 3.71. The molecule has 0 bridgehead atoms. The van der Waals surface area contributed by atoms with Gasteiger partial charge in [-0.15, -0.1) is 0 Å². The number of hydrogen-bond acceptors (Lipinski definition) is 3. The lowest BCUT2D eigenvalue weighted by atomic mass is 9.88. The van der Waals surface area contributed by atoms with Gasteiger partial charge in [0.1, 0.15) is 5.82 Å². The van der Waals surface area contributed by atoms with Gasteiger partial charge >= 0.3 is 0 Å². The molecule has 2 aromatic rings. The predicted molar refractivity (Wildman–Crippen MR) is 89.8 cm³/mol. The van der Waals surface area contributed by atoms with Gasteiger partial charge < -0.3 is 10.1 Å². The molecule has 0 atom stereocenters. The zero-order chi connectivity index (χ0) is 15.7. The molecule has 1 aromatic heterocycles. The number of nitrogens with one attached hydrogen (secondary N) is 1. The van der Waals surface area contributed by atoms with E-state index in [1.807, 2.05) is 0 Å². The normalized spacial score (nSPS) is 16.2. The fourth-order valence-electron chi connectivity index (χ4n) is 2.41. The lowest BCUT2D eigenvalue weighted by Crippen LogP contribution is -2.45. The van der Waals surface area contributed by atoms with Crippen LogP contribution in [0.25, 0.3) is 11.1 Å². The number of rotatable bonds is 4. The second-order valence-corrected chi connectivity index (χ2v) is 7.11. The van der Waals surface area contributed by atoms with Gasteiger partial charge in [0.15, 0.2) is 0 Å². The van der Waals surface area contributed by atoms with Gasteiger partial charge in [-0.3, -0.25) is 4.98 Å². The molecule has 1 aromatic carbocycles. The Labute approximate surface area is 142 Å². The maximum absolute atomic E-state index is 14.1. The van der Waals surface area contributed by atoms with Crippen LogP contribution in [-0.2, 0) is 4.74 Å². The molecule has 0 radical (unpaired) electrons. The molecule has 3 rings (SSSR count). The van der Waals surface area contributed by atoms with Gasteiger partial charge in [0.25, 0.3) is 0 Å². The van der Waals surface area contributed by atoms with E-state index in [-0.39, 0.29) is 11.2 Å². The first kappa shape index (κ1) is 15.7. The Balaban J connectivity index is 1.99. The van der Waals surface area contributed by atoms with Gasteiger partial charge in [-0.1, -0.05) is 18.5 Å². The van der Waals surface area contributed by atoms with Crippen LogP contribution in [0.1, 0.15) is 6.92 Å². The average molecular weight is 386 g/mol. The Kier molecular flexibility index (Phi) is 4.39. The van der Waals surface area contributed by atoms with Crippen LogP contribution in [0, 0.1) is 11.2 Å². The van der Waals surface area contributed by atoms with Gasteiger partial charge in [-0.05, 0) is 34.1 Å². The number of anilines is 1. The molecule has 22 heavy (non-hydrogen) atoms. The summed E-state index contributed by atoms with van der Waals surface area (Å²) in [4.78, 5) is 3.80. The van der Waals surface area contributed by atoms with Crippen LogP contribution in [-0.4, -0.2) is 24.7 Å². The summed E-state index contributed by atoms with van der Waals surface area (Å²) in [6.07, 6.45) is 2.77. The van der Waals surface area contributed by atoms with Crippen LogP contribution in [0.2, 0.25) is 5.02 Å². The first-order valence-electron chi connectivity index (χ1n) is 6.89. The van der Waals surface area contributed by atoms with E-state index < -0.39 is 0 Å². The highest BCUT2D eigenvalue weighted by molar-refractivity contribution is 9.10. The van der Waals surface area contributed by atoms with Crippen LogP contribution < -0.4 is 5.32 Å². The number of nitrogens with zero attached hydrogens (tertiary/aromatic N) is 1. The van der Waals surface area contributed by atoms with E-state index in [9.17, 15) is 4.39 Å². The molecule has 1 aliphatic rings. The summed E-state index contributed by atoms with van der Waals surface area (Å²) >= 11 is 9.65. The summed E-state index contributed by atoms with van der Waals surface area (Å²) in [6.45, 7) is 4.35. The summed E-state index contributed by atoms with van der Waals surface area (Å²) in [5.74, 6) is -0.377. The summed E-state index contributed by atoms with van der Waals surface area (Å²) in [7, 11) is 0. The minimum absolute atomic E-state index is 0.104. The number of aromatic nitrogens is 1. The lowest BCUT2D eigenvalue weighted by Gasteiger charge is -2.38. The highest BCUT2D eigenvalue weighted by Gasteiger charge is 2.33. The summed E-state index contributed by atoms with van der Waals surface area (Å²) in [5.41, 5.74) is 2.11. The molecule has 1 fully saturated rings. The molecule has 2 heterocycles. The second-order valence-electron chi connectivity index (χ2n) is 5.82. The standard InChI is InChI=1S/C16H15BrClFN2O/c1-16(8-22-9-16)7-21-15-12(4-10(18)5-13(15)17)11-2-3-20-6-14(11)19/h2-6,21H,7-9H2,1H3. The maximum Gasteiger partial charge on any atom is 0.149 e. The smallest absolute Gasteiger partial charge is 0.149 e. The zero-order valence-corrected chi connectivity index (χ0v) is 14.3. The largest absolute Gasteiger partial charge is 0.383 e. The molecule has 0 aliphatic carbocycles. The average Bonchev–Trinajstić information content (AvgIpc) is 2.44. The third kappa shape index (κ3) is 3.12. The topological polar surface area (TPSA) is 34.2 Å². The van der Waals surface area contributed by atoms with Crippen LogP contribution in [0.4, 0.5) is 10.1 Å². The van der Waals surface area contributed by atoms with Crippen LogP contribution in [0.15, 0.2) is 35.1 Å². The molecule has 0 unspecified atom stereocenters. The SMILES string of the molecule is CC1(CNc2c(Br)cc(Cl)cc2-c2ccncc2F)COC1. The van der Waals surface area contributed by atoms with Crippen molar-refractivity contribution in [2.75, 3.05) is 25.1 Å². The minimum Gasteiger partial charge on any atom is -0.383 e. The molecule has 6 heteroatoms. The van der Waals surface area contributed by atoms with Crippen molar-refractivity contribution in [1.82, 2.24) is 4.98 Å². The molecule has 0 amide bonds. The maximum atomic E-state index is 14.1. The van der Waals surface area contributed by atoms with E-state index >= 15 is 0 Å². The molecule has 116 valence electrons. The van der Waals surface area contributed by atoms with Crippen molar-refractivity contribution in [3.63, 3.8) is 0 Å². The fourth-order valence-corrected chi connectivity index (χ4v) is 3.36. The van der Waals surface area contributed by atoms with Crippen LogP contribution in [0.5, 0.6) is 0 Å². The summed E-state index contributed by atoms with van der Waals surface area (Å²) < 4.78 is 20.2. The Morgan fingerprint density at radius 1 is 1.41 bits per heavy atom. The van der Waals surface area contributed by atoms with E-state index in [2.05, 4.69) is 33.2 Å². The van der Waals surface area contributed by atoms with Crippen molar-refractivity contribution in [2.24, 2.45) is 5.41 Å². The fraction of sp³-hybridized carbons (Fsp3) is 0.312. The highest BCUT2D eigenvalue weighted by Crippen LogP contribution is 2.39. The lowest BCUT2D eigenvalue weighted by molar-refractivity contribution is -0.0924. The molecule has 1 N–H and O–H groups in total. The van der Waals surface area contributed by atoms with Crippen molar-refractivity contribution in [3.05, 3.63) is 45.9 Å². The number of benzene rings is 1. The minimum atomic E-state index is -0.377. The zero-order valence-electron chi connectivity index (χ0n) is 12.0. The van der Waals surface area contributed by atoms with Gasteiger partial charge in [0.2, 0.25) is 0 Å². The second kappa shape index (κ2) is 6.14. The molecule has 0 saturated carbocycles. The molecular formula is C16H15BrClFN2O. The van der Waals surface area contributed by atoms with Crippen molar-refractivity contribution in [1.29, 1.82) is 0 Å². The molecule has 1 aliphatic heterocycles. The van der Waals surface area contributed by atoms with Crippen molar-refractivity contribution >= 4 is 33.2 Å². The van der Waals surface area contributed by atoms with E-state index in [0.717, 1.165) is 29.9 Å². The van der Waals surface area contributed by atoms with Crippen molar-refractivity contribution in [2.45, 2.75) is 6.92 Å². The Bertz CT molecular complexity index is 707. The summed E-state index contributed by atoms with van der Waals surface area (Å²) in [5, 5.41) is 3.95. The number of hydrogen-bond donors (Lipinski definition) is 1. The third-order valence-corrected chi connectivity index (χ3v) is 4.55. The Morgan fingerprint density at radius 2 is 2.18 bits per heavy atom. The van der Waals surface area contributed by atoms with Crippen molar-refractivity contribution < 1.29 is 9.13 Å². The molecule has 3 nitrogen and oxygen atoms in total. The van der Waals surface area contributed by atoms with Gasteiger partial charge in [-0.2, -0.15) is 0 Å². The van der Waals surface area contributed by atoms with E-state index in [1.54, 1.807) is 24.4 Å². The van der Waals surface area contributed by atoms with Gasteiger partial charge in [0, 0.05) is 38.8 Å². The van der Waals surface area contributed by atoms with Crippen molar-refractivity contribution in [3.8, 4) is 11.1 Å². The van der Waals surface area contributed by atoms with E-state index in [0.29, 0.717) is 16.1 Å². The van der Waals surface area contributed by atoms with Crippen LogP contribution in [0.3, 0.4) is 0 Å². The van der Waals surface area contributed by atoms with Crippen LogP contribution >= 0.6 is 27.5 Å². The van der Waals surface area contributed by atoms with Gasteiger partial charge in [-0.25, -0.2) is 4.39 Å². The highest BCUT2D eigenvalue weighted by atomic mass is 79.9. The first-order chi connectivity index (χ1) is 10.5. The number of halogens is 3. The van der Waals surface area contributed by atoms with E-state index in [1.165, 1.54) is 6.20 Å². The van der Waals surface area contributed by atoms with Gasteiger partial charge in [0.05, 0.1) is 25.1 Å². The summed E-state index contributed by atoms with van der Waals surface area (Å²) in [6, 6.07) is 5.20. The quantitative estimate of drug-likeness (QED) is 0.824. The Morgan fingerprint density at radius 3 is 2.82 bits per heavy atom. The molecule has 1 saturated heterocycles. The Hall–Kier alpha value is -1.17. The molecular weight excluding hydrogens is 371 g/mol. The number of ether oxygens (including phenoxy) is 1. The first-order valence-corrected chi connectivity index (χ1v) is 8.06. The van der Waals surface area contributed by atoms with E-state index in [4.69, 9.17) is 16.3 Å². The predicted octanol–water partition coefficient (Wildman–Crippen LogP) is 4.75. The molecule has 0 spiro atoms.